The molecule has 0 aliphatic carbocycles. The van der Waals surface area contributed by atoms with Crippen LogP contribution in [-0.4, -0.2) is 55.4 Å². The highest BCUT2D eigenvalue weighted by Crippen LogP contribution is 2.34. The molecule has 1 unspecified atom stereocenters. The van der Waals surface area contributed by atoms with Crippen LogP contribution >= 0.6 is 0 Å². The lowest BCUT2D eigenvalue weighted by molar-refractivity contribution is -0.138. The fraction of sp³-hybridized carbons (Fsp3) is 0.250. The van der Waals surface area contributed by atoms with Crippen LogP contribution in [0.5, 0.6) is 11.5 Å². The number of anilines is 1. The minimum absolute atomic E-state index is 0.00402. The summed E-state index contributed by atoms with van der Waals surface area (Å²) >= 11 is 0. The Morgan fingerprint density at radius 1 is 1.09 bits per heavy atom. The van der Waals surface area contributed by atoms with Crippen molar-refractivity contribution < 1.29 is 14.6 Å². The Balaban J connectivity index is 1.48. The van der Waals surface area contributed by atoms with E-state index in [4.69, 9.17) is 15.6 Å². The van der Waals surface area contributed by atoms with E-state index in [2.05, 4.69) is 9.97 Å². The number of nitrogen functional groups attached to an aromatic ring is 1. The van der Waals surface area contributed by atoms with Gasteiger partial charge in [-0.25, -0.2) is 14.6 Å². The molecule has 2 aromatic carbocycles. The van der Waals surface area contributed by atoms with Crippen LogP contribution < -0.4 is 10.5 Å². The molecule has 9 heteroatoms. The van der Waals surface area contributed by atoms with Crippen LogP contribution in [0.1, 0.15) is 18.9 Å². The van der Waals surface area contributed by atoms with Crippen molar-refractivity contribution in [1.82, 2.24) is 24.6 Å². The van der Waals surface area contributed by atoms with Gasteiger partial charge in [0.2, 0.25) is 0 Å². The van der Waals surface area contributed by atoms with Crippen LogP contribution in [0.15, 0.2) is 60.9 Å². The lowest BCUT2D eigenvalue weighted by Crippen LogP contribution is -2.39. The van der Waals surface area contributed by atoms with E-state index >= 15 is 0 Å². The molecule has 1 aliphatic rings. The van der Waals surface area contributed by atoms with Gasteiger partial charge in [0, 0.05) is 12.1 Å². The van der Waals surface area contributed by atoms with Gasteiger partial charge in [-0.3, -0.25) is 9.69 Å². The second-order valence-corrected chi connectivity index (χ2v) is 8.12. The predicted octanol–water partition coefficient (Wildman–Crippen LogP) is 3.59. The Morgan fingerprint density at radius 2 is 1.85 bits per heavy atom. The molecular formula is C24H24N6O3. The number of hydrogen-bond acceptors (Lipinski definition) is 7. The average molecular weight is 444 g/mol. The second-order valence-electron chi connectivity index (χ2n) is 8.12. The minimum atomic E-state index is -0.828. The number of likely N-dealkylation sites (tertiary alicyclic amines) is 1. The molecule has 0 bridgehead atoms. The minimum Gasteiger partial charge on any atom is -0.480 e. The van der Waals surface area contributed by atoms with Gasteiger partial charge < -0.3 is 15.6 Å². The number of hydrogen-bond donors (Lipinski definition) is 2. The molecule has 1 fully saturated rings. The third-order valence-corrected chi connectivity index (χ3v) is 5.81. The zero-order valence-corrected chi connectivity index (χ0v) is 18.0. The summed E-state index contributed by atoms with van der Waals surface area (Å²) in [6.07, 6.45) is 3.22. The molecule has 1 aliphatic heterocycles. The number of benzene rings is 2. The van der Waals surface area contributed by atoms with Crippen molar-refractivity contribution in [2.24, 2.45) is 0 Å². The van der Waals surface area contributed by atoms with Crippen molar-refractivity contribution in [2.45, 2.75) is 18.9 Å². The van der Waals surface area contributed by atoms with Crippen LogP contribution in [0, 0.1) is 0 Å². The van der Waals surface area contributed by atoms with E-state index in [1.807, 2.05) is 64.2 Å². The topological polar surface area (TPSA) is 119 Å². The van der Waals surface area contributed by atoms with Gasteiger partial charge in [0.25, 0.3) is 0 Å². The molecule has 0 amide bonds. The highest BCUT2D eigenvalue weighted by molar-refractivity contribution is 5.98. The molecule has 33 heavy (non-hydrogen) atoms. The van der Waals surface area contributed by atoms with Gasteiger partial charge in [0.1, 0.15) is 29.3 Å². The van der Waals surface area contributed by atoms with Crippen LogP contribution in [0.4, 0.5) is 5.82 Å². The molecule has 168 valence electrons. The van der Waals surface area contributed by atoms with E-state index in [1.54, 1.807) is 0 Å². The zero-order chi connectivity index (χ0) is 22.8. The average Bonchev–Trinajstić information content (AvgIpc) is 3.21. The molecule has 3 N–H and O–H groups in total. The van der Waals surface area contributed by atoms with E-state index < -0.39 is 5.97 Å². The Bertz CT molecular complexity index is 1270. The standard InChI is InChI=1S/C24H24N6O3/c25-23-21-22(16-8-10-19(11-9-16)33-18-6-2-1-3-7-18)28-30(24(21)27-15-26-23)17-5-4-12-29(13-17)14-20(31)32/h1-3,6-11,15,17H,4-5,12-14H2,(H,31,32)(H2,25,26,27). The number of carboxylic acid groups (broad SMARTS) is 1. The summed E-state index contributed by atoms with van der Waals surface area (Å²) in [6, 6.07) is 17.3. The van der Waals surface area contributed by atoms with E-state index in [9.17, 15) is 9.90 Å². The van der Waals surface area contributed by atoms with Crippen LogP contribution in [0.25, 0.3) is 22.3 Å². The van der Waals surface area contributed by atoms with Crippen LogP contribution in [-0.2, 0) is 4.79 Å². The number of fused-ring (bicyclic) bond motifs is 1. The highest BCUT2D eigenvalue weighted by atomic mass is 16.5. The van der Waals surface area contributed by atoms with Gasteiger partial charge in [-0.15, -0.1) is 0 Å². The van der Waals surface area contributed by atoms with Crippen molar-refractivity contribution in [3.05, 3.63) is 60.9 Å². The van der Waals surface area contributed by atoms with Crippen molar-refractivity contribution in [3.8, 4) is 22.8 Å². The monoisotopic (exact) mass is 444 g/mol. The maximum atomic E-state index is 11.2. The number of ether oxygens (including phenoxy) is 1. The third kappa shape index (κ3) is 4.35. The van der Waals surface area contributed by atoms with Crippen molar-refractivity contribution in [2.75, 3.05) is 25.4 Å². The Hall–Kier alpha value is -3.98. The van der Waals surface area contributed by atoms with E-state index in [0.29, 0.717) is 29.1 Å². The summed E-state index contributed by atoms with van der Waals surface area (Å²) in [7, 11) is 0. The van der Waals surface area contributed by atoms with Gasteiger partial charge in [-0.05, 0) is 55.8 Å². The van der Waals surface area contributed by atoms with Crippen molar-refractivity contribution >= 4 is 22.8 Å². The largest absolute Gasteiger partial charge is 0.480 e. The lowest BCUT2D eigenvalue weighted by Gasteiger charge is -2.31. The number of aromatic nitrogens is 4. The summed E-state index contributed by atoms with van der Waals surface area (Å²) in [4.78, 5) is 21.8. The van der Waals surface area contributed by atoms with E-state index in [1.165, 1.54) is 6.33 Å². The Morgan fingerprint density at radius 3 is 2.61 bits per heavy atom. The zero-order valence-electron chi connectivity index (χ0n) is 18.0. The Kier molecular flexibility index (Phi) is 5.62. The first-order valence-electron chi connectivity index (χ1n) is 10.8. The maximum Gasteiger partial charge on any atom is 0.317 e. The summed E-state index contributed by atoms with van der Waals surface area (Å²) in [5.74, 6) is 1.02. The molecule has 0 spiro atoms. The number of aliphatic carboxylic acids is 1. The van der Waals surface area contributed by atoms with E-state index in [-0.39, 0.29) is 12.6 Å². The normalized spacial score (nSPS) is 16.7. The fourth-order valence-corrected chi connectivity index (χ4v) is 4.32. The maximum absolute atomic E-state index is 11.2. The Labute approximate surface area is 190 Å². The summed E-state index contributed by atoms with van der Waals surface area (Å²) < 4.78 is 7.78. The first kappa shape index (κ1) is 20.9. The molecule has 1 atom stereocenters. The van der Waals surface area contributed by atoms with Crippen molar-refractivity contribution in [1.29, 1.82) is 0 Å². The molecule has 3 heterocycles. The van der Waals surface area contributed by atoms with Gasteiger partial charge in [-0.1, -0.05) is 18.2 Å². The number of para-hydroxylation sites is 1. The second kappa shape index (κ2) is 8.87. The smallest absolute Gasteiger partial charge is 0.317 e. The number of nitrogens with zero attached hydrogens (tertiary/aromatic N) is 5. The number of carboxylic acids is 1. The SMILES string of the molecule is Nc1ncnc2c1c(-c1ccc(Oc3ccccc3)cc1)nn2C1CCCN(CC(=O)O)C1. The van der Waals surface area contributed by atoms with Gasteiger partial charge in [0.15, 0.2) is 5.65 Å². The van der Waals surface area contributed by atoms with Crippen LogP contribution in [0.3, 0.4) is 0 Å². The van der Waals surface area contributed by atoms with Crippen molar-refractivity contribution in [3.63, 3.8) is 0 Å². The quantitative estimate of drug-likeness (QED) is 0.463. The first-order valence-corrected chi connectivity index (χ1v) is 10.8. The number of rotatable bonds is 6. The predicted molar refractivity (Wildman–Crippen MR) is 124 cm³/mol. The fourth-order valence-electron chi connectivity index (χ4n) is 4.32. The van der Waals surface area contributed by atoms with E-state index in [0.717, 1.165) is 36.4 Å². The number of piperidine rings is 1. The van der Waals surface area contributed by atoms with Gasteiger partial charge >= 0.3 is 5.97 Å². The molecule has 4 aromatic rings. The molecule has 1 saturated heterocycles. The number of carbonyl (C=O) groups is 1. The van der Waals surface area contributed by atoms with Gasteiger partial charge in [0.05, 0.1) is 18.0 Å². The summed E-state index contributed by atoms with van der Waals surface area (Å²) in [5.41, 5.74) is 8.47. The molecule has 2 aromatic heterocycles. The molecular weight excluding hydrogens is 420 g/mol. The summed E-state index contributed by atoms with van der Waals surface area (Å²) in [6.45, 7) is 1.37. The third-order valence-electron chi connectivity index (χ3n) is 5.81. The lowest BCUT2D eigenvalue weighted by atomic mass is 10.1. The van der Waals surface area contributed by atoms with Gasteiger partial charge in [-0.2, -0.15) is 5.10 Å². The highest BCUT2D eigenvalue weighted by Gasteiger charge is 2.27. The molecule has 5 rings (SSSR count). The molecule has 0 radical (unpaired) electrons. The first-order chi connectivity index (χ1) is 16.1. The molecule has 0 saturated carbocycles. The molecule has 9 nitrogen and oxygen atoms in total. The number of nitrogens with two attached hydrogens (primary N) is 1. The van der Waals surface area contributed by atoms with Crippen LogP contribution in [0.2, 0.25) is 0 Å². The summed E-state index contributed by atoms with van der Waals surface area (Å²) in [5, 5.41) is 14.8.